The molecule has 0 aromatic heterocycles. The zero-order valence-corrected chi connectivity index (χ0v) is 19.0. The summed E-state index contributed by atoms with van der Waals surface area (Å²) in [6.07, 6.45) is 0. The third-order valence-corrected chi connectivity index (χ3v) is 8.46. The fourth-order valence-electron chi connectivity index (χ4n) is 3.56. The molecule has 30 heavy (non-hydrogen) atoms. The Morgan fingerprint density at radius 3 is 1.13 bits per heavy atom. The molecule has 0 N–H and O–H groups in total. The summed E-state index contributed by atoms with van der Waals surface area (Å²) in [4.78, 5) is 23.0. The molecule has 4 heterocycles. The van der Waals surface area contributed by atoms with Gasteiger partial charge >= 0.3 is 20.5 Å². The van der Waals surface area contributed by atoms with Crippen molar-refractivity contribution in [3.63, 3.8) is 0 Å². The second-order valence-corrected chi connectivity index (χ2v) is 10.2. The van der Waals surface area contributed by atoms with Gasteiger partial charge in [0.15, 0.2) is 54.3 Å². The fourth-order valence-corrected chi connectivity index (χ4v) is 6.66. The van der Waals surface area contributed by atoms with Crippen LogP contribution in [-0.4, -0.2) is 0 Å². The van der Waals surface area contributed by atoms with Crippen molar-refractivity contribution < 1.29 is 9.55 Å². The van der Waals surface area contributed by atoms with Crippen molar-refractivity contribution in [1.29, 1.82) is 10.9 Å². The van der Waals surface area contributed by atoms with Gasteiger partial charge in [-0.05, 0) is 49.9 Å². The van der Waals surface area contributed by atoms with E-state index in [0.29, 0.717) is 23.0 Å². The molecule has 2 unspecified atom stereocenters. The van der Waals surface area contributed by atoms with E-state index in [0.717, 1.165) is 11.1 Å². The van der Waals surface area contributed by atoms with Crippen molar-refractivity contribution in [2.45, 2.75) is 50.7 Å². The molecule has 10 heteroatoms. The van der Waals surface area contributed by atoms with Crippen molar-refractivity contribution in [3.8, 4) is 0 Å². The standard InChI is InChI=1S/C20H24N2O2S2.2NO/c1-13-14(2)20-12-26(22-24)10-18-7-5-17(6-8-18)9-25(21-23)11-19(13)15(3)16(20)4;2*1-2/h5-8H,9-12H2,1-4H3;;/q+2;2*+1. The predicted octanol–water partition coefficient (Wildman–Crippen LogP) is 5.03. The van der Waals surface area contributed by atoms with Crippen molar-refractivity contribution in [2.24, 2.45) is 9.16 Å². The van der Waals surface area contributed by atoms with Crippen molar-refractivity contribution in [1.82, 2.24) is 0 Å². The molecule has 0 radical (unpaired) electrons. The normalized spacial score (nSPS) is 17.5. The van der Waals surface area contributed by atoms with Gasteiger partial charge in [0.1, 0.15) is 0 Å². The quantitative estimate of drug-likeness (QED) is 0.468. The summed E-state index contributed by atoms with van der Waals surface area (Å²) in [5.41, 5.74) is 21.1. The Morgan fingerprint density at radius 2 is 0.900 bits per heavy atom. The minimum absolute atomic E-state index is 0.574. The second kappa shape index (κ2) is 12.4. The molecule has 4 aliphatic rings. The molecule has 0 aliphatic carbocycles. The molecule has 0 saturated carbocycles. The molecule has 156 valence electrons. The minimum atomic E-state index is -0.574. The predicted molar refractivity (Wildman–Crippen MR) is 118 cm³/mol. The van der Waals surface area contributed by atoms with Crippen LogP contribution < -0.4 is 0 Å². The van der Waals surface area contributed by atoms with Gasteiger partial charge in [-0.25, -0.2) is 0 Å². The van der Waals surface area contributed by atoms with Crippen LogP contribution in [0.3, 0.4) is 0 Å². The van der Waals surface area contributed by atoms with Gasteiger partial charge in [-0.1, -0.05) is 34.1 Å². The molecule has 0 spiro atoms. The number of hydrogen-bond donors (Lipinski definition) is 0. The third-order valence-electron chi connectivity index (χ3n) is 5.46. The Hall–Kier alpha value is -2.32. The first-order chi connectivity index (χ1) is 14.4. The van der Waals surface area contributed by atoms with Crippen molar-refractivity contribution >= 4 is 22.2 Å². The molecule has 2 atom stereocenters. The van der Waals surface area contributed by atoms with Crippen LogP contribution >= 0.6 is 0 Å². The number of nitrogens with zero attached hydrogens (tertiary/aromatic N) is 4. The van der Waals surface area contributed by atoms with Crippen molar-refractivity contribution in [2.75, 3.05) is 0 Å². The van der Waals surface area contributed by atoms with Crippen LogP contribution in [0.1, 0.15) is 44.5 Å². The Balaban J connectivity index is 0.00000106. The first-order valence-corrected chi connectivity index (χ1v) is 12.0. The van der Waals surface area contributed by atoms with Crippen LogP contribution in [0, 0.1) is 48.4 Å². The number of hydrogen-bond acceptors (Lipinski definition) is 6. The molecular formula is C20H24N4O4S2+4. The van der Waals surface area contributed by atoms with Crippen molar-refractivity contribution in [3.05, 3.63) is 78.6 Å². The van der Waals surface area contributed by atoms with Crippen LogP contribution in [0.5, 0.6) is 0 Å². The van der Waals surface area contributed by atoms with Crippen LogP contribution in [0.4, 0.5) is 0 Å². The molecule has 0 fully saturated rings. The second-order valence-electron chi connectivity index (χ2n) is 6.92. The zero-order valence-electron chi connectivity index (χ0n) is 17.4. The molecule has 2 aromatic carbocycles. The summed E-state index contributed by atoms with van der Waals surface area (Å²) in [5.74, 6) is 2.70. The Morgan fingerprint density at radius 1 is 0.633 bits per heavy atom. The van der Waals surface area contributed by atoms with Gasteiger partial charge in [0, 0.05) is 22.3 Å². The molecule has 8 nitrogen and oxygen atoms in total. The first kappa shape index (κ1) is 25.7. The van der Waals surface area contributed by atoms with Gasteiger partial charge in [0.05, 0.1) is 0 Å². The van der Waals surface area contributed by atoms with Crippen LogP contribution in [0.25, 0.3) is 0 Å². The summed E-state index contributed by atoms with van der Waals surface area (Å²) >= 11 is -1.15. The monoisotopic (exact) mass is 448 g/mol. The van der Waals surface area contributed by atoms with E-state index in [1.807, 2.05) is 0 Å². The van der Waals surface area contributed by atoms with E-state index in [4.69, 9.17) is 20.5 Å². The molecule has 6 rings (SSSR count). The van der Waals surface area contributed by atoms with Gasteiger partial charge in [0.2, 0.25) is 0 Å². The molecule has 0 amide bonds. The average Bonchev–Trinajstić information content (AvgIpc) is 2.80. The summed E-state index contributed by atoms with van der Waals surface area (Å²) in [6.45, 7) is 8.50. The van der Waals surface area contributed by atoms with Gasteiger partial charge in [-0.15, -0.1) is 0 Å². The topological polar surface area (TPSA) is 146 Å². The first-order valence-electron chi connectivity index (χ1n) is 8.99. The van der Waals surface area contributed by atoms with E-state index in [2.05, 4.69) is 61.1 Å². The maximum atomic E-state index is 11.5. The van der Waals surface area contributed by atoms with E-state index in [-0.39, 0.29) is 0 Å². The molecular weight excluding hydrogens is 424 g/mol. The number of rotatable bonds is 2. The fraction of sp³-hybridized carbons (Fsp3) is 0.400. The summed E-state index contributed by atoms with van der Waals surface area (Å²) in [7, 11) is 0. The van der Waals surface area contributed by atoms with Crippen LogP contribution in [-0.2, 0) is 54.7 Å². The third kappa shape index (κ3) is 5.86. The van der Waals surface area contributed by atoms with E-state index < -0.39 is 22.2 Å². The van der Waals surface area contributed by atoms with E-state index in [1.54, 1.807) is 0 Å². The molecule has 0 saturated heterocycles. The summed E-state index contributed by atoms with van der Waals surface area (Å²) < 4.78 is 21.4. The van der Waals surface area contributed by atoms with E-state index in [9.17, 15) is 9.81 Å². The van der Waals surface area contributed by atoms with E-state index in [1.165, 1.54) is 33.4 Å². The SMILES string of the molecule is Cc1c(C)c2c(C)c(C)c1C[S+](N=O)Cc1ccc(cc1)C[S+](N=O)C2.N#[O+].N#[O+]. The van der Waals surface area contributed by atoms with Crippen LogP contribution in [0.15, 0.2) is 33.4 Å². The van der Waals surface area contributed by atoms with Gasteiger partial charge in [-0.2, -0.15) is 0 Å². The summed E-state index contributed by atoms with van der Waals surface area (Å²) in [5, 5.41) is 0. The Kier molecular flexibility index (Phi) is 10.6. The average molecular weight is 449 g/mol. The Labute approximate surface area is 181 Å². The maximum absolute atomic E-state index is 11.5. The van der Waals surface area contributed by atoms with Gasteiger partial charge < -0.3 is 0 Å². The number of nitroso groups, excluding NO2 is 2. The van der Waals surface area contributed by atoms with Gasteiger partial charge in [-0.3, -0.25) is 0 Å². The van der Waals surface area contributed by atoms with Gasteiger partial charge in [0.25, 0.3) is 0 Å². The Bertz CT molecular complexity index is 840. The molecule has 2 aromatic rings. The van der Waals surface area contributed by atoms with E-state index >= 15 is 0 Å². The summed E-state index contributed by atoms with van der Waals surface area (Å²) in [6, 6.07) is 8.21. The van der Waals surface area contributed by atoms with Crippen LogP contribution in [0.2, 0.25) is 0 Å². The zero-order chi connectivity index (χ0) is 22.8. The molecule has 4 aliphatic heterocycles. The molecule has 4 bridgehead atoms. The number of benzene rings is 2.